The molecule has 4 heterocycles. The predicted octanol–water partition coefficient (Wildman–Crippen LogP) is 3.20. The minimum Gasteiger partial charge on any atom is -0.368 e. The molecule has 1 N–H and O–H groups in total. The van der Waals surface area contributed by atoms with Crippen LogP contribution in [0.1, 0.15) is 56.8 Å². The maximum Gasteiger partial charge on any atom is 0.157 e. The van der Waals surface area contributed by atoms with Gasteiger partial charge in [0, 0.05) is 29.9 Å². The molecule has 124 valence electrons. The molecule has 2 aliphatic heterocycles. The topological polar surface area (TPSA) is 45.5 Å². The molecular weight excluding hydrogens is 286 g/mol. The van der Waals surface area contributed by atoms with Crippen molar-refractivity contribution in [1.82, 2.24) is 19.5 Å². The fraction of sp³-hybridized carbons (Fsp3) is 0.667. The zero-order valence-corrected chi connectivity index (χ0v) is 14.5. The maximum absolute atomic E-state index is 4.75. The van der Waals surface area contributed by atoms with Crippen LogP contribution >= 0.6 is 0 Å². The highest BCUT2D eigenvalue weighted by Gasteiger charge is 2.43. The summed E-state index contributed by atoms with van der Waals surface area (Å²) < 4.78 is 1.96. The first-order valence-electron chi connectivity index (χ1n) is 8.94. The smallest absolute Gasteiger partial charge is 0.157 e. The molecule has 2 aromatic rings. The summed E-state index contributed by atoms with van der Waals surface area (Å²) in [5.41, 5.74) is 3.47. The largest absolute Gasteiger partial charge is 0.368 e. The quantitative estimate of drug-likeness (QED) is 0.941. The van der Waals surface area contributed by atoms with E-state index in [4.69, 9.17) is 4.98 Å². The highest BCUT2D eigenvalue weighted by molar-refractivity contribution is 5.51. The van der Waals surface area contributed by atoms with Crippen LogP contribution in [0.2, 0.25) is 0 Å². The van der Waals surface area contributed by atoms with Crippen LogP contribution < -0.4 is 5.32 Å². The van der Waals surface area contributed by atoms with Crippen molar-refractivity contribution in [3.63, 3.8) is 0 Å². The van der Waals surface area contributed by atoms with E-state index in [-0.39, 0.29) is 0 Å². The van der Waals surface area contributed by atoms with Crippen LogP contribution in [-0.2, 0) is 0 Å². The second-order valence-electron chi connectivity index (χ2n) is 7.55. The Morgan fingerprint density at radius 2 is 1.96 bits per heavy atom. The van der Waals surface area contributed by atoms with Crippen LogP contribution in [-0.4, -0.2) is 44.7 Å². The molecule has 0 radical (unpaired) electrons. The standard InChI is InChI=1S/C18H27N5/c1-13(2)15-11-16(23-17(20-15)10-14(3)21-23)19-12-18-6-4-8-22(18)9-5-7-18/h10-11,13,19H,4-9,12H2,1-3H3. The lowest BCUT2D eigenvalue weighted by molar-refractivity contribution is 0.209. The summed E-state index contributed by atoms with van der Waals surface area (Å²) in [6.07, 6.45) is 5.32. The molecule has 0 amide bonds. The molecule has 2 fully saturated rings. The molecule has 4 rings (SSSR count). The summed E-state index contributed by atoms with van der Waals surface area (Å²) in [5.74, 6) is 1.50. The molecule has 5 heteroatoms. The number of rotatable bonds is 4. The van der Waals surface area contributed by atoms with Gasteiger partial charge in [-0.2, -0.15) is 9.61 Å². The van der Waals surface area contributed by atoms with Crippen LogP contribution in [0.4, 0.5) is 5.82 Å². The Kier molecular flexibility index (Phi) is 3.56. The minimum atomic E-state index is 0.371. The molecule has 2 aliphatic rings. The van der Waals surface area contributed by atoms with Crippen molar-refractivity contribution in [3.05, 3.63) is 23.5 Å². The van der Waals surface area contributed by atoms with Gasteiger partial charge in [0.2, 0.25) is 0 Å². The molecule has 23 heavy (non-hydrogen) atoms. The van der Waals surface area contributed by atoms with E-state index in [1.807, 2.05) is 11.4 Å². The third kappa shape index (κ3) is 2.51. The highest BCUT2D eigenvalue weighted by Crippen LogP contribution is 2.38. The molecule has 2 saturated heterocycles. The number of aryl methyl sites for hydroxylation is 1. The van der Waals surface area contributed by atoms with Gasteiger partial charge in [0.25, 0.3) is 0 Å². The maximum atomic E-state index is 4.75. The number of aromatic nitrogens is 3. The van der Waals surface area contributed by atoms with E-state index in [0.717, 1.165) is 29.4 Å². The number of anilines is 1. The summed E-state index contributed by atoms with van der Waals surface area (Å²) in [7, 11) is 0. The molecule has 0 aromatic carbocycles. The number of hydrogen-bond donors (Lipinski definition) is 1. The fourth-order valence-corrected chi connectivity index (χ4v) is 4.30. The Labute approximate surface area is 138 Å². The Hall–Kier alpha value is -1.62. The monoisotopic (exact) mass is 313 g/mol. The Morgan fingerprint density at radius 3 is 2.65 bits per heavy atom. The lowest BCUT2D eigenvalue weighted by Crippen LogP contribution is -2.44. The van der Waals surface area contributed by atoms with Gasteiger partial charge in [-0.15, -0.1) is 0 Å². The molecule has 2 aromatic heterocycles. The minimum absolute atomic E-state index is 0.371. The van der Waals surface area contributed by atoms with Gasteiger partial charge in [-0.05, 0) is 51.6 Å². The zero-order valence-electron chi connectivity index (χ0n) is 14.5. The van der Waals surface area contributed by atoms with Gasteiger partial charge in [0.1, 0.15) is 5.82 Å². The summed E-state index contributed by atoms with van der Waals surface area (Å²) in [6.45, 7) is 9.97. The first-order valence-corrected chi connectivity index (χ1v) is 8.94. The van der Waals surface area contributed by atoms with Crippen LogP contribution in [0.15, 0.2) is 12.1 Å². The van der Waals surface area contributed by atoms with Crippen LogP contribution in [0, 0.1) is 6.92 Å². The van der Waals surface area contributed by atoms with E-state index in [0.29, 0.717) is 11.5 Å². The van der Waals surface area contributed by atoms with E-state index in [2.05, 4.69) is 41.3 Å². The van der Waals surface area contributed by atoms with Crippen LogP contribution in [0.25, 0.3) is 5.65 Å². The van der Waals surface area contributed by atoms with E-state index in [9.17, 15) is 0 Å². The molecule has 5 nitrogen and oxygen atoms in total. The van der Waals surface area contributed by atoms with Crippen molar-refractivity contribution in [2.24, 2.45) is 0 Å². The Morgan fingerprint density at radius 1 is 1.22 bits per heavy atom. The third-order valence-corrected chi connectivity index (χ3v) is 5.57. The summed E-state index contributed by atoms with van der Waals surface area (Å²) in [5, 5.41) is 8.34. The molecule has 0 unspecified atom stereocenters. The van der Waals surface area contributed by atoms with Crippen molar-refractivity contribution < 1.29 is 0 Å². The van der Waals surface area contributed by atoms with Crippen molar-refractivity contribution in [1.29, 1.82) is 0 Å². The predicted molar refractivity (Wildman–Crippen MR) is 93.1 cm³/mol. The summed E-state index contributed by atoms with van der Waals surface area (Å²) >= 11 is 0. The first-order chi connectivity index (χ1) is 11.1. The third-order valence-electron chi connectivity index (χ3n) is 5.57. The molecule has 0 atom stereocenters. The van der Waals surface area contributed by atoms with Gasteiger partial charge < -0.3 is 5.32 Å². The number of fused-ring (bicyclic) bond motifs is 2. The normalized spacial score (nSPS) is 20.5. The lowest BCUT2D eigenvalue weighted by atomic mass is 9.94. The van der Waals surface area contributed by atoms with E-state index in [1.165, 1.54) is 38.8 Å². The summed E-state index contributed by atoms with van der Waals surface area (Å²) in [6, 6.07) is 4.24. The van der Waals surface area contributed by atoms with Crippen molar-refractivity contribution in [3.8, 4) is 0 Å². The van der Waals surface area contributed by atoms with Crippen molar-refractivity contribution in [2.45, 2.75) is 57.9 Å². The Bertz CT molecular complexity index is 708. The van der Waals surface area contributed by atoms with Crippen molar-refractivity contribution in [2.75, 3.05) is 25.0 Å². The van der Waals surface area contributed by atoms with Gasteiger partial charge >= 0.3 is 0 Å². The summed E-state index contributed by atoms with van der Waals surface area (Å²) in [4.78, 5) is 7.44. The van der Waals surface area contributed by atoms with Crippen molar-refractivity contribution >= 4 is 11.5 Å². The average molecular weight is 313 g/mol. The second-order valence-corrected chi connectivity index (χ2v) is 7.55. The lowest BCUT2D eigenvalue weighted by Gasteiger charge is -2.32. The average Bonchev–Trinajstić information content (AvgIpc) is 3.16. The fourth-order valence-electron chi connectivity index (χ4n) is 4.30. The molecule has 0 aliphatic carbocycles. The van der Waals surface area contributed by atoms with E-state index in [1.54, 1.807) is 0 Å². The van der Waals surface area contributed by atoms with Gasteiger partial charge in [0.05, 0.1) is 5.69 Å². The van der Waals surface area contributed by atoms with Gasteiger partial charge in [-0.1, -0.05) is 13.8 Å². The van der Waals surface area contributed by atoms with Gasteiger partial charge in [-0.3, -0.25) is 4.90 Å². The van der Waals surface area contributed by atoms with Gasteiger partial charge in [-0.25, -0.2) is 4.98 Å². The number of nitrogens with one attached hydrogen (secondary N) is 1. The van der Waals surface area contributed by atoms with Crippen LogP contribution in [0.3, 0.4) is 0 Å². The van der Waals surface area contributed by atoms with Crippen LogP contribution in [0.5, 0.6) is 0 Å². The van der Waals surface area contributed by atoms with E-state index < -0.39 is 0 Å². The SMILES string of the molecule is Cc1cc2nc(C(C)C)cc(NCC34CCCN3CCC4)n2n1. The molecule has 0 saturated carbocycles. The zero-order chi connectivity index (χ0) is 16.0. The van der Waals surface area contributed by atoms with Gasteiger partial charge in [0.15, 0.2) is 5.65 Å². The first kappa shape index (κ1) is 14.9. The highest BCUT2D eigenvalue weighted by atomic mass is 15.3. The molecule has 0 spiro atoms. The number of nitrogens with zero attached hydrogens (tertiary/aromatic N) is 4. The molecular formula is C18H27N5. The van der Waals surface area contributed by atoms with E-state index >= 15 is 0 Å². The Balaban J connectivity index is 1.65. The number of hydrogen-bond acceptors (Lipinski definition) is 4. The second kappa shape index (κ2) is 5.48. The molecule has 0 bridgehead atoms.